The van der Waals surface area contributed by atoms with Crippen LogP contribution in [0, 0.1) is 11.8 Å². The minimum absolute atomic E-state index is 0.557. The zero-order valence-electron chi connectivity index (χ0n) is 9.97. The maximum atomic E-state index is 3.64. The van der Waals surface area contributed by atoms with Gasteiger partial charge in [0, 0.05) is 0 Å². The largest absolute Gasteiger partial charge is 0.302 e. The predicted molar refractivity (Wildman–Crippen MR) is 62.3 cm³/mol. The third kappa shape index (κ3) is 3.97. The van der Waals surface area contributed by atoms with E-state index < -0.39 is 0 Å². The average molecular weight is 198 g/mol. The topological polar surface area (TPSA) is 24.1 Å². The van der Waals surface area contributed by atoms with Gasteiger partial charge in [-0.05, 0) is 37.8 Å². The lowest BCUT2D eigenvalue weighted by Gasteiger charge is -2.20. The van der Waals surface area contributed by atoms with Crippen LogP contribution in [0.15, 0.2) is 0 Å². The molecule has 3 unspecified atom stereocenters. The molecule has 1 aliphatic rings. The Morgan fingerprint density at radius 1 is 1.29 bits per heavy atom. The van der Waals surface area contributed by atoms with Gasteiger partial charge in [0.25, 0.3) is 0 Å². The smallest absolute Gasteiger partial charge is 0.0574 e. The molecule has 84 valence electrons. The molecule has 0 bridgehead atoms. The standard InChI is InChI=1S/C12H26N2/c1-4-10(3)8-12-13-7-6-11(5-2)9-14-12/h10-14H,4-9H2,1-3H3. The van der Waals surface area contributed by atoms with Gasteiger partial charge in [0.05, 0.1) is 6.17 Å². The van der Waals surface area contributed by atoms with Crippen LogP contribution in [0.25, 0.3) is 0 Å². The Morgan fingerprint density at radius 3 is 2.71 bits per heavy atom. The van der Waals surface area contributed by atoms with Crippen molar-refractivity contribution >= 4 is 0 Å². The zero-order chi connectivity index (χ0) is 10.4. The predicted octanol–water partition coefficient (Wildman–Crippen LogP) is 2.36. The van der Waals surface area contributed by atoms with E-state index in [4.69, 9.17) is 0 Å². The van der Waals surface area contributed by atoms with E-state index in [-0.39, 0.29) is 0 Å². The second kappa shape index (κ2) is 6.41. The first kappa shape index (κ1) is 12.0. The van der Waals surface area contributed by atoms with Crippen molar-refractivity contribution in [2.24, 2.45) is 11.8 Å². The summed E-state index contributed by atoms with van der Waals surface area (Å²) in [7, 11) is 0. The Bertz CT molecular complexity index is 147. The van der Waals surface area contributed by atoms with Gasteiger partial charge >= 0.3 is 0 Å². The molecule has 1 rings (SSSR count). The van der Waals surface area contributed by atoms with Crippen LogP contribution in [0.5, 0.6) is 0 Å². The van der Waals surface area contributed by atoms with Gasteiger partial charge in [0.2, 0.25) is 0 Å². The molecule has 0 saturated carbocycles. The summed E-state index contributed by atoms with van der Waals surface area (Å²) < 4.78 is 0. The second-order valence-electron chi connectivity index (χ2n) is 4.73. The molecule has 0 aromatic rings. The van der Waals surface area contributed by atoms with E-state index in [1.807, 2.05) is 0 Å². The molecule has 1 saturated heterocycles. The Morgan fingerprint density at radius 2 is 2.07 bits per heavy atom. The van der Waals surface area contributed by atoms with E-state index in [9.17, 15) is 0 Å². The molecule has 0 aliphatic carbocycles. The fraction of sp³-hybridized carbons (Fsp3) is 1.00. The van der Waals surface area contributed by atoms with E-state index in [1.54, 1.807) is 0 Å². The van der Waals surface area contributed by atoms with Crippen LogP contribution < -0.4 is 10.6 Å². The SMILES string of the molecule is CCC(C)CC1NCCC(CC)CN1. The summed E-state index contributed by atoms with van der Waals surface area (Å²) in [6.45, 7) is 9.29. The molecular formula is C12H26N2. The molecule has 1 aliphatic heterocycles. The normalized spacial score (nSPS) is 31.1. The van der Waals surface area contributed by atoms with Gasteiger partial charge in [0.1, 0.15) is 0 Å². The van der Waals surface area contributed by atoms with Crippen LogP contribution in [0.4, 0.5) is 0 Å². The summed E-state index contributed by atoms with van der Waals surface area (Å²) in [6.07, 6.45) is 5.76. The van der Waals surface area contributed by atoms with E-state index in [0.717, 1.165) is 11.8 Å². The molecule has 0 amide bonds. The first-order valence-electron chi connectivity index (χ1n) is 6.23. The number of hydrogen-bond acceptors (Lipinski definition) is 2. The van der Waals surface area contributed by atoms with E-state index in [1.165, 1.54) is 38.8 Å². The number of rotatable bonds is 4. The Labute approximate surface area is 88.8 Å². The lowest BCUT2D eigenvalue weighted by atomic mass is 10.0. The molecule has 2 N–H and O–H groups in total. The highest BCUT2D eigenvalue weighted by atomic mass is 15.1. The minimum atomic E-state index is 0.557. The lowest BCUT2D eigenvalue weighted by molar-refractivity contribution is 0.355. The Balaban J connectivity index is 2.27. The summed E-state index contributed by atoms with van der Waals surface area (Å²) in [5, 5.41) is 7.24. The van der Waals surface area contributed by atoms with E-state index in [2.05, 4.69) is 31.4 Å². The molecular weight excluding hydrogens is 172 g/mol. The van der Waals surface area contributed by atoms with Crippen LogP contribution >= 0.6 is 0 Å². The van der Waals surface area contributed by atoms with Crippen molar-refractivity contribution in [3.05, 3.63) is 0 Å². The van der Waals surface area contributed by atoms with Crippen molar-refractivity contribution < 1.29 is 0 Å². The van der Waals surface area contributed by atoms with Gasteiger partial charge in [0.15, 0.2) is 0 Å². The van der Waals surface area contributed by atoms with Crippen LogP contribution in [0.1, 0.15) is 46.5 Å². The van der Waals surface area contributed by atoms with Crippen LogP contribution in [-0.4, -0.2) is 19.3 Å². The van der Waals surface area contributed by atoms with Crippen LogP contribution in [0.2, 0.25) is 0 Å². The minimum Gasteiger partial charge on any atom is -0.302 e. The van der Waals surface area contributed by atoms with Gasteiger partial charge in [-0.1, -0.05) is 33.6 Å². The van der Waals surface area contributed by atoms with Gasteiger partial charge in [-0.2, -0.15) is 0 Å². The molecule has 2 heteroatoms. The number of hydrogen-bond donors (Lipinski definition) is 2. The van der Waals surface area contributed by atoms with Gasteiger partial charge in [-0.15, -0.1) is 0 Å². The summed E-state index contributed by atoms with van der Waals surface area (Å²) in [6, 6.07) is 0. The van der Waals surface area contributed by atoms with Crippen molar-refractivity contribution in [1.82, 2.24) is 10.6 Å². The number of nitrogens with one attached hydrogen (secondary N) is 2. The molecule has 14 heavy (non-hydrogen) atoms. The molecule has 0 aromatic heterocycles. The molecule has 3 atom stereocenters. The highest BCUT2D eigenvalue weighted by Crippen LogP contribution is 2.13. The van der Waals surface area contributed by atoms with E-state index in [0.29, 0.717) is 6.17 Å². The summed E-state index contributed by atoms with van der Waals surface area (Å²) in [5.74, 6) is 1.71. The van der Waals surface area contributed by atoms with Crippen molar-refractivity contribution in [3.8, 4) is 0 Å². The first-order valence-corrected chi connectivity index (χ1v) is 6.23. The third-order valence-corrected chi connectivity index (χ3v) is 3.51. The van der Waals surface area contributed by atoms with Gasteiger partial charge in [-0.25, -0.2) is 0 Å². The first-order chi connectivity index (χ1) is 6.76. The third-order valence-electron chi connectivity index (χ3n) is 3.51. The Kier molecular flexibility index (Phi) is 5.49. The molecule has 1 heterocycles. The highest BCUT2D eigenvalue weighted by Gasteiger charge is 2.17. The molecule has 0 radical (unpaired) electrons. The van der Waals surface area contributed by atoms with Crippen molar-refractivity contribution in [1.29, 1.82) is 0 Å². The highest BCUT2D eigenvalue weighted by molar-refractivity contribution is 4.75. The zero-order valence-corrected chi connectivity index (χ0v) is 9.97. The van der Waals surface area contributed by atoms with E-state index >= 15 is 0 Å². The van der Waals surface area contributed by atoms with Crippen molar-refractivity contribution in [2.75, 3.05) is 13.1 Å². The molecule has 2 nitrogen and oxygen atoms in total. The molecule has 0 spiro atoms. The Hall–Kier alpha value is -0.0800. The molecule has 1 fully saturated rings. The van der Waals surface area contributed by atoms with Crippen molar-refractivity contribution in [3.63, 3.8) is 0 Å². The van der Waals surface area contributed by atoms with Gasteiger partial charge < -0.3 is 10.6 Å². The fourth-order valence-corrected chi connectivity index (χ4v) is 2.03. The summed E-state index contributed by atoms with van der Waals surface area (Å²) >= 11 is 0. The monoisotopic (exact) mass is 198 g/mol. The van der Waals surface area contributed by atoms with Crippen LogP contribution in [0.3, 0.4) is 0 Å². The second-order valence-corrected chi connectivity index (χ2v) is 4.73. The fourth-order valence-electron chi connectivity index (χ4n) is 2.03. The molecule has 0 aromatic carbocycles. The average Bonchev–Trinajstić information content (AvgIpc) is 2.43. The quantitative estimate of drug-likeness (QED) is 0.724. The maximum absolute atomic E-state index is 3.64. The van der Waals surface area contributed by atoms with Crippen LogP contribution in [-0.2, 0) is 0 Å². The van der Waals surface area contributed by atoms with Crippen molar-refractivity contribution in [2.45, 2.75) is 52.6 Å². The summed E-state index contributed by atoms with van der Waals surface area (Å²) in [4.78, 5) is 0. The lowest BCUT2D eigenvalue weighted by Crippen LogP contribution is -2.42. The van der Waals surface area contributed by atoms with Gasteiger partial charge in [-0.3, -0.25) is 0 Å². The summed E-state index contributed by atoms with van der Waals surface area (Å²) in [5.41, 5.74) is 0. The maximum Gasteiger partial charge on any atom is 0.0574 e.